The molecule has 1 rings (SSSR count). The van der Waals surface area contributed by atoms with Crippen molar-refractivity contribution in [1.29, 1.82) is 0 Å². The molecule has 0 aromatic carbocycles. The Morgan fingerprint density at radius 2 is 2.14 bits per heavy atom. The van der Waals surface area contributed by atoms with Crippen molar-refractivity contribution in [2.45, 2.75) is 26.1 Å². The number of methoxy groups -OCH3 is 1. The van der Waals surface area contributed by atoms with Gasteiger partial charge in [0.25, 0.3) is 0 Å². The first-order valence-electron chi connectivity index (χ1n) is 6.93. The molecule has 0 saturated carbocycles. The quantitative estimate of drug-likeness (QED) is 0.712. The molecule has 0 atom stereocenters. The van der Waals surface area contributed by atoms with Crippen LogP contribution in [0.25, 0.3) is 0 Å². The Labute approximate surface area is 123 Å². The Balaban J connectivity index is 2.81. The second-order valence-corrected chi connectivity index (χ2v) is 4.69. The molecule has 0 bridgehead atoms. The largest absolute Gasteiger partial charge is 0.405 e. The number of hydrogen-bond donors (Lipinski definition) is 1. The molecule has 0 aliphatic rings. The minimum atomic E-state index is -4.24. The Morgan fingerprint density at radius 3 is 2.76 bits per heavy atom. The van der Waals surface area contributed by atoms with Gasteiger partial charge in [-0.1, -0.05) is 13.0 Å². The molecular formula is C14H22F3N3O. The van der Waals surface area contributed by atoms with E-state index in [0.29, 0.717) is 38.5 Å². The van der Waals surface area contributed by atoms with Crippen molar-refractivity contribution < 1.29 is 17.9 Å². The number of hydrogen-bond acceptors (Lipinski definition) is 4. The average Bonchev–Trinajstić information content (AvgIpc) is 2.42. The fourth-order valence-electron chi connectivity index (χ4n) is 2.00. The van der Waals surface area contributed by atoms with Crippen LogP contribution >= 0.6 is 0 Å². The molecular weight excluding hydrogens is 283 g/mol. The van der Waals surface area contributed by atoms with Crippen molar-refractivity contribution in [2.75, 3.05) is 38.3 Å². The van der Waals surface area contributed by atoms with Crippen LogP contribution in [0.2, 0.25) is 0 Å². The number of nitrogens with one attached hydrogen (secondary N) is 1. The highest BCUT2D eigenvalue weighted by atomic mass is 19.4. The topological polar surface area (TPSA) is 37.4 Å². The molecule has 0 fully saturated rings. The van der Waals surface area contributed by atoms with Crippen molar-refractivity contribution in [1.82, 2.24) is 10.3 Å². The highest BCUT2D eigenvalue weighted by Crippen LogP contribution is 2.23. The van der Waals surface area contributed by atoms with Crippen LogP contribution in [0.15, 0.2) is 18.3 Å². The highest BCUT2D eigenvalue weighted by molar-refractivity contribution is 5.46. The molecule has 1 heterocycles. The maximum absolute atomic E-state index is 12.7. The molecule has 7 heteroatoms. The third kappa shape index (κ3) is 6.77. The smallest absolute Gasteiger partial charge is 0.383 e. The average molecular weight is 305 g/mol. The zero-order chi connectivity index (χ0) is 15.7. The van der Waals surface area contributed by atoms with E-state index in [-0.39, 0.29) is 0 Å². The number of alkyl halides is 3. The van der Waals surface area contributed by atoms with E-state index in [1.54, 1.807) is 19.2 Å². The number of pyridine rings is 1. The zero-order valence-electron chi connectivity index (χ0n) is 12.4. The zero-order valence-corrected chi connectivity index (χ0v) is 12.4. The van der Waals surface area contributed by atoms with Gasteiger partial charge in [0, 0.05) is 38.5 Å². The van der Waals surface area contributed by atoms with Gasteiger partial charge < -0.3 is 15.0 Å². The van der Waals surface area contributed by atoms with Gasteiger partial charge in [-0.3, -0.25) is 0 Å². The van der Waals surface area contributed by atoms with E-state index >= 15 is 0 Å². The van der Waals surface area contributed by atoms with Crippen molar-refractivity contribution in [3.63, 3.8) is 0 Å². The van der Waals surface area contributed by atoms with Crippen LogP contribution in [0, 0.1) is 0 Å². The van der Waals surface area contributed by atoms with Gasteiger partial charge in [-0.2, -0.15) is 13.2 Å². The molecule has 1 aromatic rings. The predicted molar refractivity (Wildman–Crippen MR) is 76.4 cm³/mol. The maximum atomic E-state index is 12.7. The lowest BCUT2D eigenvalue weighted by Crippen LogP contribution is -2.36. The van der Waals surface area contributed by atoms with Crippen LogP contribution in [0.4, 0.5) is 19.0 Å². The standard InChI is InChI=1S/C14H22F3N3O/c1-3-8-20(11-14(15,16)17)13-12(5-4-6-19-13)10-18-7-9-21-2/h4-6,18H,3,7-11H2,1-2H3. The third-order valence-corrected chi connectivity index (χ3v) is 2.83. The van der Waals surface area contributed by atoms with Crippen molar-refractivity contribution in [3.8, 4) is 0 Å². The van der Waals surface area contributed by atoms with Gasteiger partial charge in [0.05, 0.1) is 6.61 Å². The number of rotatable bonds is 9. The molecule has 1 N–H and O–H groups in total. The number of ether oxygens (including phenoxy) is 1. The molecule has 0 unspecified atom stereocenters. The first kappa shape index (κ1) is 17.7. The fraction of sp³-hybridized carbons (Fsp3) is 0.643. The second kappa shape index (κ2) is 8.84. The van der Waals surface area contributed by atoms with Gasteiger partial charge in [-0.15, -0.1) is 0 Å². The van der Waals surface area contributed by atoms with Gasteiger partial charge in [0.2, 0.25) is 0 Å². The molecule has 21 heavy (non-hydrogen) atoms. The summed E-state index contributed by atoms with van der Waals surface area (Å²) in [4.78, 5) is 5.42. The van der Waals surface area contributed by atoms with Gasteiger partial charge in [-0.25, -0.2) is 4.98 Å². The third-order valence-electron chi connectivity index (χ3n) is 2.83. The Hall–Kier alpha value is -1.34. The van der Waals surface area contributed by atoms with Crippen LogP contribution < -0.4 is 10.2 Å². The van der Waals surface area contributed by atoms with E-state index < -0.39 is 12.7 Å². The Morgan fingerprint density at radius 1 is 1.38 bits per heavy atom. The first-order valence-corrected chi connectivity index (χ1v) is 6.93. The normalized spacial score (nSPS) is 11.7. The molecule has 0 amide bonds. The summed E-state index contributed by atoms with van der Waals surface area (Å²) in [5.74, 6) is 0.390. The Bertz CT molecular complexity index is 413. The monoisotopic (exact) mass is 305 g/mol. The van der Waals surface area contributed by atoms with Crippen LogP contribution in [0.3, 0.4) is 0 Å². The summed E-state index contributed by atoms with van der Waals surface area (Å²) in [5.41, 5.74) is 0.756. The van der Waals surface area contributed by atoms with Crippen LogP contribution in [-0.2, 0) is 11.3 Å². The van der Waals surface area contributed by atoms with E-state index in [1.807, 2.05) is 6.92 Å². The van der Waals surface area contributed by atoms with E-state index in [4.69, 9.17) is 4.74 Å². The van der Waals surface area contributed by atoms with Crippen LogP contribution in [0.1, 0.15) is 18.9 Å². The van der Waals surface area contributed by atoms with E-state index in [9.17, 15) is 13.2 Å². The Kier molecular flexibility index (Phi) is 7.45. The molecule has 0 aliphatic carbocycles. The predicted octanol–water partition coefficient (Wildman–Crippen LogP) is 2.60. The molecule has 0 radical (unpaired) electrons. The minimum absolute atomic E-state index is 0.321. The number of anilines is 1. The summed E-state index contributed by atoms with van der Waals surface area (Å²) in [6.07, 6.45) is -2.09. The molecule has 0 spiro atoms. The maximum Gasteiger partial charge on any atom is 0.405 e. The lowest BCUT2D eigenvalue weighted by Gasteiger charge is -2.26. The summed E-state index contributed by atoms with van der Waals surface area (Å²) >= 11 is 0. The van der Waals surface area contributed by atoms with Crippen molar-refractivity contribution >= 4 is 5.82 Å². The molecule has 120 valence electrons. The molecule has 0 saturated heterocycles. The van der Waals surface area contributed by atoms with E-state index in [0.717, 1.165) is 5.56 Å². The minimum Gasteiger partial charge on any atom is -0.383 e. The summed E-state index contributed by atoms with van der Waals surface area (Å²) in [7, 11) is 1.60. The summed E-state index contributed by atoms with van der Waals surface area (Å²) in [6, 6.07) is 3.52. The van der Waals surface area contributed by atoms with Gasteiger partial charge in [0.1, 0.15) is 12.4 Å². The summed E-state index contributed by atoms with van der Waals surface area (Å²) in [5, 5.41) is 3.13. The first-order chi connectivity index (χ1) is 9.98. The number of aromatic nitrogens is 1. The second-order valence-electron chi connectivity index (χ2n) is 4.69. The van der Waals surface area contributed by atoms with Gasteiger partial charge in [-0.05, 0) is 12.5 Å². The fourth-order valence-corrected chi connectivity index (χ4v) is 2.00. The highest BCUT2D eigenvalue weighted by Gasteiger charge is 2.31. The molecule has 4 nitrogen and oxygen atoms in total. The van der Waals surface area contributed by atoms with Crippen LogP contribution in [0.5, 0.6) is 0 Å². The molecule has 1 aromatic heterocycles. The van der Waals surface area contributed by atoms with Gasteiger partial charge >= 0.3 is 6.18 Å². The van der Waals surface area contributed by atoms with Crippen molar-refractivity contribution in [2.24, 2.45) is 0 Å². The summed E-state index contributed by atoms with van der Waals surface area (Å²) < 4.78 is 43.0. The van der Waals surface area contributed by atoms with Gasteiger partial charge in [0.15, 0.2) is 0 Å². The lowest BCUT2D eigenvalue weighted by molar-refractivity contribution is -0.119. The van der Waals surface area contributed by atoms with E-state index in [2.05, 4.69) is 10.3 Å². The lowest BCUT2D eigenvalue weighted by atomic mass is 10.2. The van der Waals surface area contributed by atoms with Crippen molar-refractivity contribution in [3.05, 3.63) is 23.9 Å². The number of nitrogens with zero attached hydrogens (tertiary/aromatic N) is 2. The molecule has 0 aliphatic heterocycles. The van der Waals surface area contributed by atoms with E-state index in [1.165, 1.54) is 11.1 Å². The SMILES string of the molecule is CCCN(CC(F)(F)F)c1ncccc1CNCCOC. The van der Waals surface area contributed by atoms with Crippen LogP contribution in [-0.4, -0.2) is 44.5 Å². The number of halogens is 3. The summed E-state index contributed by atoms with van der Waals surface area (Å²) in [6.45, 7) is 2.84.